The highest BCUT2D eigenvalue weighted by Gasteiger charge is 2.34. The molecule has 4 heterocycles. The molecule has 0 bridgehead atoms. The molecule has 1 aromatic heterocycles. The van der Waals surface area contributed by atoms with Crippen molar-refractivity contribution in [3.63, 3.8) is 0 Å². The van der Waals surface area contributed by atoms with Crippen LogP contribution in [0.25, 0.3) is 0 Å². The highest BCUT2D eigenvalue weighted by Crippen LogP contribution is 2.30. The number of hydrogen-bond donors (Lipinski definition) is 1. The Labute approximate surface area is 148 Å². The van der Waals surface area contributed by atoms with Crippen molar-refractivity contribution >= 4 is 5.91 Å². The number of aromatic nitrogens is 3. The van der Waals surface area contributed by atoms with Gasteiger partial charge in [-0.15, -0.1) is 10.2 Å². The van der Waals surface area contributed by atoms with Crippen molar-refractivity contribution in [3.8, 4) is 0 Å². The molecule has 138 valence electrons. The number of likely N-dealkylation sites (tertiary alicyclic amines) is 1. The van der Waals surface area contributed by atoms with Crippen molar-refractivity contribution in [2.45, 2.75) is 63.5 Å². The van der Waals surface area contributed by atoms with Gasteiger partial charge < -0.3 is 19.3 Å². The van der Waals surface area contributed by atoms with Gasteiger partial charge in [0.2, 0.25) is 0 Å². The molecule has 1 N–H and O–H groups in total. The van der Waals surface area contributed by atoms with Gasteiger partial charge >= 0.3 is 0 Å². The lowest BCUT2D eigenvalue weighted by atomic mass is 9.91. The third-order valence-electron chi connectivity index (χ3n) is 6.03. The first-order valence-corrected chi connectivity index (χ1v) is 9.70. The number of hydrogen-bond acceptors (Lipinski definition) is 5. The van der Waals surface area contributed by atoms with Crippen LogP contribution >= 0.6 is 0 Å². The number of nitrogens with zero attached hydrogens (tertiary/aromatic N) is 4. The smallest absolute Gasteiger partial charge is 0.251 e. The van der Waals surface area contributed by atoms with Crippen LogP contribution in [0.15, 0.2) is 0 Å². The molecule has 7 nitrogen and oxygen atoms in total. The van der Waals surface area contributed by atoms with Crippen molar-refractivity contribution in [1.29, 1.82) is 0 Å². The fourth-order valence-corrected chi connectivity index (χ4v) is 4.41. The second kappa shape index (κ2) is 7.41. The van der Waals surface area contributed by atoms with Crippen LogP contribution < -0.4 is 0 Å². The molecule has 25 heavy (non-hydrogen) atoms. The Bertz CT molecular complexity index is 603. The fourth-order valence-electron chi connectivity index (χ4n) is 4.41. The monoisotopic (exact) mass is 348 g/mol. The minimum absolute atomic E-state index is 0.0440. The first kappa shape index (κ1) is 17.0. The molecule has 0 aliphatic carbocycles. The summed E-state index contributed by atoms with van der Waals surface area (Å²) in [5, 5.41) is 19.2. The van der Waals surface area contributed by atoms with Gasteiger partial charge in [-0.3, -0.25) is 4.79 Å². The van der Waals surface area contributed by atoms with E-state index in [4.69, 9.17) is 4.74 Å². The molecule has 0 spiro atoms. The molecule has 1 aromatic rings. The molecule has 3 aliphatic rings. The molecule has 2 saturated heterocycles. The average Bonchev–Trinajstić information content (AvgIpc) is 3.12. The lowest BCUT2D eigenvalue weighted by Gasteiger charge is -2.35. The molecule has 1 atom stereocenters. The van der Waals surface area contributed by atoms with Crippen molar-refractivity contribution in [2.24, 2.45) is 5.92 Å². The highest BCUT2D eigenvalue weighted by atomic mass is 16.5. The van der Waals surface area contributed by atoms with E-state index in [0.717, 1.165) is 50.3 Å². The van der Waals surface area contributed by atoms with Crippen LogP contribution in [0.4, 0.5) is 0 Å². The van der Waals surface area contributed by atoms with Gasteiger partial charge in [0, 0.05) is 45.2 Å². The summed E-state index contributed by atoms with van der Waals surface area (Å²) < 4.78 is 7.62. The molecule has 2 fully saturated rings. The zero-order valence-electron chi connectivity index (χ0n) is 14.8. The minimum atomic E-state index is -0.874. The summed E-state index contributed by atoms with van der Waals surface area (Å²) in [6.07, 6.45) is 5.92. The van der Waals surface area contributed by atoms with Crippen LogP contribution in [-0.4, -0.2) is 63.1 Å². The van der Waals surface area contributed by atoms with Gasteiger partial charge in [0.05, 0.1) is 0 Å². The maximum atomic E-state index is 12.6. The Hall–Kier alpha value is -1.47. The summed E-state index contributed by atoms with van der Waals surface area (Å²) in [4.78, 5) is 14.5. The Kier molecular flexibility index (Phi) is 5.03. The van der Waals surface area contributed by atoms with E-state index in [0.29, 0.717) is 32.2 Å². The number of aliphatic hydroxyl groups excluding tert-OH is 1. The largest absolute Gasteiger partial charge is 0.383 e. The number of carbonyl (C=O) groups excluding carboxylic acids is 1. The van der Waals surface area contributed by atoms with Gasteiger partial charge in [-0.05, 0) is 44.4 Å². The van der Waals surface area contributed by atoms with E-state index in [-0.39, 0.29) is 11.8 Å². The predicted molar refractivity (Wildman–Crippen MR) is 91.1 cm³/mol. The minimum Gasteiger partial charge on any atom is -0.383 e. The number of carbonyl (C=O) groups is 1. The van der Waals surface area contributed by atoms with Gasteiger partial charge in [0.15, 0.2) is 0 Å². The van der Waals surface area contributed by atoms with Gasteiger partial charge in [0.25, 0.3) is 5.91 Å². The topological polar surface area (TPSA) is 80.5 Å². The summed E-state index contributed by atoms with van der Waals surface area (Å²) in [5.74, 6) is 2.54. The van der Waals surface area contributed by atoms with Crippen molar-refractivity contribution in [1.82, 2.24) is 19.7 Å². The Morgan fingerprint density at radius 2 is 1.84 bits per heavy atom. The van der Waals surface area contributed by atoms with Gasteiger partial charge in [-0.2, -0.15) is 0 Å². The van der Waals surface area contributed by atoms with Crippen molar-refractivity contribution in [2.75, 3.05) is 26.3 Å². The number of aryl methyl sites for hydroxylation is 1. The second-order valence-electron chi connectivity index (χ2n) is 7.58. The third-order valence-corrected chi connectivity index (χ3v) is 6.03. The first-order chi connectivity index (χ1) is 12.2. The van der Waals surface area contributed by atoms with E-state index in [2.05, 4.69) is 14.8 Å². The molecule has 1 unspecified atom stereocenters. The second-order valence-corrected chi connectivity index (χ2v) is 7.58. The Morgan fingerprint density at radius 3 is 2.60 bits per heavy atom. The van der Waals surface area contributed by atoms with Crippen LogP contribution in [0, 0.1) is 5.92 Å². The van der Waals surface area contributed by atoms with Crippen LogP contribution in [0.3, 0.4) is 0 Å². The van der Waals surface area contributed by atoms with Gasteiger partial charge in [0.1, 0.15) is 17.8 Å². The van der Waals surface area contributed by atoms with E-state index in [1.807, 2.05) is 4.90 Å². The van der Waals surface area contributed by atoms with Gasteiger partial charge in [-0.1, -0.05) is 0 Å². The number of amides is 1. The summed E-state index contributed by atoms with van der Waals surface area (Å²) in [6, 6.07) is 0. The third kappa shape index (κ3) is 3.44. The Morgan fingerprint density at radius 1 is 1.08 bits per heavy atom. The molecular formula is C18H28N4O3. The van der Waals surface area contributed by atoms with E-state index in [1.165, 1.54) is 12.8 Å². The first-order valence-electron chi connectivity index (χ1n) is 9.70. The summed E-state index contributed by atoms with van der Waals surface area (Å²) in [6.45, 7) is 3.72. The van der Waals surface area contributed by atoms with Crippen molar-refractivity contribution in [3.05, 3.63) is 11.6 Å². The molecule has 0 saturated carbocycles. The molecule has 0 radical (unpaired) electrons. The zero-order valence-corrected chi connectivity index (χ0v) is 14.8. The van der Waals surface area contributed by atoms with E-state index in [1.54, 1.807) is 0 Å². The van der Waals surface area contributed by atoms with Crippen LogP contribution in [0.5, 0.6) is 0 Å². The lowest BCUT2D eigenvalue weighted by molar-refractivity contribution is -0.146. The number of aliphatic hydroxyl groups is 1. The van der Waals surface area contributed by atoms with E-state index < -0.39 is 6.10 Å². The lowest BCUT2D eigenvalue weighted by Crippen LogP contribution is -2.47. The quantitative estimate of drug-likeness (QED) is 0.885. The summed E-state index contributed by atoms with van der Waals surface area (Å²) in [5.41, 5.74) is 0. The summed E-state index contributed by atoms with van der Waals surface area (Å²) >= 11 is 0. The number of rotatable bonds is 3. The maximum absolute atomic E-state index is 12.6. The highest BCUT2D eigenvalue weighted by molar-refractivity contribution is 5.81. The molecule has 4 rings (SSSR count). The van der Waals surface area contributed by atoms with Crippen LogP contribution in [0.2, 0.25) is 0 Å². The van der Waals surface area contributed by atoms with Crippen LogP contribution in [-0.2, 0) is 22.5 Å². The molecule has 7 heteroatoms. The predicted octanol–water partition coefficient (Wildman–Crippen LogP) is 1.11. The normalized spacial score (nSPS) is 24.1. The SMILES string of the molecule is O=C(C(O)C1CCOCC1)N1CCC(c2nnc3n2CCCC3)CC1. The number of piperidine rings is 1. The standard InChI is InChI=1S/C18H28N4O3/c23-16(13-6-11-25-12-7-13)18(24)21-9-4-14(5-10-21)17-20-19-15-3-1-2-8-22(15)17/h13-14,16,23H,1-12H2. The molecule has 3 aliphatic heterocycles. The van der Waals surface area contributed by atoms with Gasteiger partial charge in [-0.25, -0.2) is 0 Å². The zero-order chi connectivity index (χ0) is 17.2. The average molecular weight is 348 g/mol. The molecule has 1 amide bonds. The Balaban J connectivity index is 1.35. The fraction of sp³-hybridized carbons (Fsp3) is 0.833. The number of fused-ring (bicyclic) bond motifs is 1. The molecule has 0 aromatic carbocycles. The van der Waals surface area contributed by atoms with E-state index in [9.17, 15) is 9.90 Å². The van der Waals surface area contributed by atoms with Crippen molar-refractivity contribution < 1.29 is 14.6 Å². The summed E-state index contributed by atoms with van der Waals surface area (Å²) in [7, 11) is 0. The maximum Gasteiger partial charge on any atom is 0.251 e. The van der Waals surface area contributed by atoms with E-state index >= 15 is 0 Å². The number of ether oxygens (including phenoxy) is 1. The van der Waals surface area contributed by atoms with Crippen LogP contribution in [0.1, 0.15) is 56.1 Å². The molecular weight excluding hydrogens is 320 g/mol.